The summed E-state index contributed by atoms with van der Waals surface area (Å²) in [7, 11) is 0. The first kappa shape index (κ1) is 10.3. The highest BCUT2D eigenvalue weighted by atomic mass is 19.4. The van der Waals surface area contributed by atoms with E-state index in [2.05, 4.69) is 0 Å². The summed E-state index contributed by atoms with van der Waals surface area (Å²) in [5.41, 5.74) is 0. The fourth-order valence-electron chi connectivity index (χ4n) is 0.425. The van der Waals surface area contributed by atoms with Crippen LogP contribution in [0.4, 0.5) is 13.2 Å². The largest absolute Gasteiger partial charge is 0.408 e. The number of alkyl halides is 3. The van der Waals surface area contributed by atoms with Crippen molar-refractivity contribution in [2.24, 2.45) is 0 Å². The van der Waals surface area contributed by atoms with Gasteiger partial charge in [-0.05, 0) is 6.92 Å². The molecule has 0 spiro atoms. The first-order valence-corrected chi connectivity index (χ1v) is 3.24. The van der Waals surface area contributed by atoms with E-state index in [0.29, 0.717) is 0 Å². The van der Waals surface area contributed by atoms with Gasteiger partial charge in [-0.15, -0.1) is 0 Å². The van der Waals surface area contributed by atoms with Crippen LogP contribution < -0.4 is 5.32 Å². The summed E-state index contributed by atoms with van der Waals surface area (Å²) in [4.78, 5) is 10.5. The first-order chi connectivity index (χ1) is 4.88. The highest BCUT2D eigenvalue weighted by Gasteiger charge is 2.36. The summed E-state index contributed by atoms with van der Waals surface area (Å²) in [6.07, 6.45) is -4.27. The zero-order valence-electron chi connectivity index (χ0n) is 6.33. The van der Waals surface area contributed by atoms with Gasteiger partial charge in [-0.1, -0.05) is 6.92 Å². The normalized spacial score (nSPS) is 14.3. The summed E-state index contributed by atoms with van der Waals surface area (Å²) >= 11 is 0. The van der Waals surface area contributed by atoms with E-state index >= 15 is 0 Å². The molecule has 66 valence electrons. The van der Waals surface area contributed by atoms with Gasteiger partial charge < -0.3 is 5.32 Å². The highest BCUT2D eigenvalue weighted by Crippen LogP contribution is 2.19. The minimum Gasteiger partial charge on any atom is -0.345 e. The average Bonchev–Trinajstić information content (AvgIpc) is 1.85. The van der Waals surface area contributed by atoms with Gasteiger partial charge in [0.1, 0.15) is 6.04 Å². The Bertz CT molecular complexity index is 143. The Kier molecular flexibility index (Phi) is 3.35. The number of hydrogen-bond acceptors (Lipinski definition) is 1. The predicted octanol–water partition coefficient (Wildman–Crippen LogP) is 1.46. The lowest BCUT2D eigenvalue weighted by atomic mass is 10.3. The minimum atomic E-state index is -4.34. The predicted molar refractivity (Wildman–Crippen MR) is 34.0 cm³/mol. The molecule has 0 aromatic carbocycles. The molecule has 0 saturated carbocycles. The van der Waals surface area contributed by atoms with Gasteiger partial charge in [0, 0.05) is 6.42 Å². The standard InChI is InChI=1S/C6H10F3NO/c1-3-5(11)10-4(2)6(7,8)9/h4H,3H2,1-2H3,(H,10,11). The van der Waals surface area contributed by atoms with Crippen molar-refractivity contribution in [2.75, 3.05) is 0 Å². The molecule has 0 aliphatic carbocycles. The van der Waals surface area contributed by atoms with Crippen LogP contribution in [0, 0.1) is 0 Å². The maximum atomic E-state index is 11.7. The van der Waals surface area contributed by atoms with Crippen molar-refractivity contribution in [2.45, 2.75) is 32.5 Å². The van der Waals surface area contributed by atoms with Crippen molar-refractivity contribution in [3.8, 4) is 0 Å². The molecule has 0 bridgehead atoms. The van der Waals surface area contributed by atoms with Crippen LogP contribution >= 0.6 is 0 Å². The Balaban J connectivity index is 3.87. The van der Waals surface area contributed by atoms with E-state index in [-0.39, 0.29) is 6.42 Å². The third-order valence-corrected chi connectivity index (χ3v) is 1.19. The van der Waals surface area contributed by atoms with E-state index in [1.807, 2.05) is 0 Å². The first-order valence-electron chi connectivity index (χ1n) is 3.24. The van der Waals surface area contributed by atoms with Crippen molar-refractivity contribution in [1.29, 1.82) is 0 Å². The molecule has 0 aromatic rings. The lowest BCUT2D eigenvalue weighted by molar-refractivity contribution is -0.157. The second-order valence-corrected chi connectivity index (χ2v) is 2.18. The third-order valence-electron chi connectivity index (χ3n) is 1.19. The Labute approximate surface area is 62.8 Å². The van der Waals surface area contributed by atoms with Gasteiger partial charge >= 0.3 is 6.18 Å². The van der Waals surface area contributed by atoms with E-state index in [0.717, 1.165) is 6.92 Å². The monoisotopic (exact) mass is 169 g/mol. The van der Waals surface area contributed by atoms with Crippen LogP contribution in [-0.4, -0.2) is 18.1 Å². The molecule has 1 atom stereocenters. The minimum absolute atomic E-state index is 0.0699. The lowest BCUT2D eigenvalue weighted by Crippen LogP contribution is -2.42. The third kappa shape index (κ3) is 3.85. The van der Waals surface area contributed by atoms with Gasteiger partial charge in [0.2, 0.25) is 5.91 Å². The summed E-state index contributed by atoms with van der Waals surface area (Å²) in [5.74, 6) is -0.588. The van der Waals surface area contributed by atoms with Crippen LogP contribution in [0.15, 0.2) is 0 Å². The van der Waals surface area contributed by atoms with Crippen molar-refractivity contribution >= 4 is 5.91 Å². The molecule has 1 amide bonds. The zero-order chi connectivity index (χ0) is 9.07. The number of nitrogens with one attached hydrogen (secondary N) is 1. The molecular formula is C6H10F3NO. The van der Waals surface area contributed by atoms with Crippen molar-refractivity contribution in [3.05, 3.63) is 0 Å². The SMILES string of the molecule is CCC(=O)NC(C)C(F)(F)F. The Morgan fingerprint density at radius 2 is 2.00 bits per heavy atom. The number of amides is 1. The molecule has 0 rings (SSSR count). The van der Waals surface area contributed by atoms with Crippen LogP contribution in [0.25, 0.3) is 0 Å². The van der Waals surface area contributed by atoms with Crippen LogP contribution in [0.1, 0.15) is 20.3 Å². The van der Waals surface area contributed by atoms with Crippen LogP contribution in [0.5, 0.6) is 0 Å². The molecule has 0 heterocycles. The van der Waals surface area contributed by atoms with Gasteiger partial charge in [-0.2, -0.15) is 13.2 Å². The topological polar surface area (TPSA) is 29.1 Å². The molecule has 0 aliphatic rings. The summed E-state index contributed by atoms with van der Waals surface area (Å²) in [5, 5.41) is 1.81. The second-order valence-electron chi connectivity index (χ2n) is 2.18. The molecule has 1 unspecified atom stereocenters. The molecule has 11 heavy (non-hydrogen) atoms. The fraction of sp³-hybridized carbons (Fsp3) is 0.833. The Hall–Kier alpha value is -0.740. The Morgan fingerprint density at radius 1 is 1.55 bits per heavy atom. The number of carbonyl (C=O) groups excluding carboxylic acids is 1. The van der Waals surface area contributed by atoms with E-state index in [1.165, 1.54) is 6.92 Å². The van der Waals surface area contributed by atoms with Gasteiger partial charge in [0.15, 0.2) is 0 Å². The average molecular weight is 169 g/mol. The summed E-state index contributed by atoms with van der Waals surface area (Å²) in [6.45, 7) is 2.41. The number of hydrogen-bond donors (Lipinski definition) is 1. The summed E-state index contributed by atoms with van der Waals surface area (Å²) < 4.78 is 35.2. The molecule has 1 N–H and O–H groups in total. The van der Waals surface area contributed by atoms with Crippen molar-refractivity contribution < 1.29 is 18.0 Å². The zero-order valence-corrected chi connectivity index (χ0v) is 6.33. The van der Waals surface area contributed by atoms with E-state index in [9.17, 15) is 18.0 Å². The summed E-state index contributed by atoms with van der Waals surface area (Å²) in [6, 6.07) is -1.75. The maximum absolute atomic E-state index is 11.7. The molecule has 5 heteroatoms. The number of halogens is 3. The molecular weight excluding hydrogens is 159 g/mol. The van der Waals surface area contributed by atoms with Gasteiger partial charge in [0.05, 0.1) is 0 Å². The number of carbonyl (C=O) groups is 1. The van der Waals surface area contributed by atoms with Gasteiger partial charge in [-0.3, -0.25) is 4.79 Å². The van der Waals surface area contributed by atoms with E-state index < -0.39 is 18.1 Å². The Morgan fingerprint density at radius 3 is 2.27 bits per heavy atom. The molecule has 0 aromatic heterocycles. The van der Waals surface area contributed by atoms with E-state index in [4.69, 9.17) is 0 Å². The number of rotatable bonds is 2. The fourth-order valence-corrected chi connectivity index (χ4v) is 0.425. The molecule has 0 aliphatic heterocycles. The molecule has 0 fully saturated rings. The lowest BCUT2D eigenvalue weighted by Gasteiger charge is -2.16. The van der Waals surface area contributed by atoms with Crippen LogP contribution in [-0.2, 0) is 4.79 Å². The van der Waals surface area contributed by atoms with Gasteiger partial charge in [-0.25, -0.2) is 0 Å². The van der Waals surface area contributed by atoms with Crippen molar-refractivity contribution in [1.82, 2.24) is 5.32 Å². The van der Waals surface area contributed by atoms with Gasteiger partial charge in [0.25, 0.3) is 0 Å². The smallest absolute Gasteiger partial charge is 0.345 e. The second kappa shape index (κ2) is 3.59. The molecule has 0 saturated heterocycles. The van der Waals surface area contributed by atoms with Crippen LogP contribution in [0.2, 0.25) is 0 Å². The highest BCUT2D eigenvalue weighted by molar-refractivity contribution is 5.75. The molecule has 2 nitrogen and oxygen atoms in total. The van der Waals surface area contributed by atoms with E-state index in [1.54, 1.807) is 5.32 Å². The van der Waals surface area contributed by atoms with Crippen molar-refractivity contribution in [3.63, 3.8) is 0 Å². The maximum Gasteiger partial charge on any atom is 0.408 e. The molecule has 0 radical (unpaired) electrons. The van der Waals surface area contributed by atoms with Crippen LogP contribution in [0.3, 0.4) is 0 Å². The quantitative estimate of drug-likeness (QED) is 0.666.